The topological polar surface area (TPSA) is 38.0 Å². The molecule has 0 saturated heterocycles. The van der Waals surface area contributed by atoms with Crippen molar-refractivity contribution >= 4 is 34.0 Å². The zero-order valence-electron chi connectivity index (χ0n) is 10.5. The molecule has 1 aliphatic carbocycles. The smallest absolute Gasteiger partial charge is 0.0576 e. The van der Waals surface area contributed by atoms with Crippen LogP contribution in [0.1, 0.15) is 33.1 Å². The first kappa shape index (κ1) is 13.0. The van der Waals surface area contributed by atoms with Crippen LogP contribution < -0.4 is 11.1 Å². The molecule has 1 aromatic rings. The number of nitrogen functional groups attached to an aromatic ring is 1. The maximum Gasteiger partial charge on any atom is 0.0576 e. The molecular formula is C14H21IN2. The van der Waals surface area contributed by atoms with Gasteiger partial charge >= 0.3 is 0 Å². The van der Waals surface area contributed by atoms with Crippen LogP contribution in [-0.4, -0.2) is 6.04 Å². The molecule has 1 saturated carbocycles. The van der Waals surface area contributed by atoms with E-state index in [-0.39, 0.29) is 0 Å². The SMILES string of the molecule is CCC1CCC(Nc2ccc(I)cc2N)C1C. The Hall–Kier alpha value is -0.450. The van der Waals surface area contributed by atoms with Crippen LogP contribution >= 0.6 is 22.6 Å². The van der Waals surface area contributed by atoms with E-state index in [0.29, 0.717) is 6.04 Å². The minimum Gasteiger partial charge on any atom is -0.397 e. The predicted octanol–water partition coefficient (Wildman–Crippen LogP) is 4.11. The van der Waals surface area contributed by atoms with Crippen LogP contribution in [0.4, 0.5) is 11.4 Å². The second-order valence-corrected chi connectivity index (χ2v) is 6.33. The number of nitrogens with two attached hydrogens (primary N) is 1. The molecule has 1 fully saturated rings. The number of benzene rings is 1. The molecule has 3 heteroatoms. The Morgan fingerprint density at radius 1 is 1.41 bits per heavy atom. The molecule has 2 nitrogen and oxygen atoms in total. The molecule has 0 aliphatic heterocycles. The van der Waals surface area contributed by atoms with Gasteiger partial charge in [-0.15, -0.1) is 0 Å². The maximum absolute atomic E-state index is 6.04. The molecule has 1 aromatic carbocycles. The van der Waals surface area contributed by atoms with Gasteiger partial charge in [-0.05, 0) is 65.5 Å². The fraction of sp³-hybridized carbons (Fsp3) is 0.571. The fourth-order valence-electron chi connectivity index (χ4n) is 2.89. The average Bonchev–Trinajstić information content (AvgIpc) is 2.64. The summed E-state index contributed by atoms with van der Waals surface area (Å²) in [6.07, 6.45) is 3.91. The van der Waals surface area contributed by atoms with Crippen molar-refractivity contribution < 1.29 is 0 Å². The van der Waals surface area contributed by atoms with E-state index in [1.165, 1.54) is 22.8 Å². The molecule has 2 rings (SSSR count). The van der Waals surface area contributed by atoms with Crippen LogP contribution in [-0.2, 0) is 0 Å². The molecule has 0 bridgehead atoms. The van der Waals surface area contributed by atoms with Crippen LogP contribution in [0.3, 0.4) is 0 Å². The lowest BCUT2D eigenvalue weighted by molar-refractivity contribution is 0.392. The van der Waals surface area contributed by atoms with Gasteiger partial charge in [0.2, 0.25) is 0 Å². The van der Waals surface area contributed by atoms with Crippen LogP contribution in [0.5, 0.6) is 0 Å². The van der Waals surface area contributed by atoms with Crippen molar-refractivity contribution in [3.05, 3.63) is 21.8 Å². The zero-order chi connectivity index (χ0) is 12.4. The third-order valence-corrected chi connectivity index (χ3v) is 4.78. The van der Waals surface area contributed by atoms with Crippen molar-refractivity contribution in [3.8, 4) is 0 Å². The van der Waals surface area contributed by atoms with E-state index in [2.05, 4.69) is 53.9 Å². The van der Waals surface area contributed by atoms with E-state index in [9.17, 15) is 0 Å². The largest absolute Gasteiger partial charge is 0.397 e. The summed E-state index contributed by atoms with van der Waals surface area (Å²) >= 11 is 2.29. The highest BCUT2D eigenvalue weighted by molar-refractivity contribution is 14.1. The number of halogens is 1. The normalized spacial score (nSPS) is 28.3. The van der Waals surface area contributed by atoms with Gasteiger partial charge in [-0.25, -0.2) is 0 Å². The summed E-state index contributed by atoms with van der Waals surface area (Å²) in [6.45, 7) is 4.66. The van der Waals surface area contributed by atoms with Crippen molar-refractivity contribution in [2.45, 2.75) is 39.2 Å². The van der Waals surface area contributed by atoms with Crippen molar-refractivity contribution in [2.24, 2.45) is 11.8 Å². The van der Waals surface area contributed by atoms with Gasteiger partial charge in [-0.3, -0.25) is 0 Å². The van der Waals surface area contributed by atoms with Gasteiger partial charge in [0, 0.05) is 9.61 Å². The summed E-state index contributed by atoms with van der Waals surface area (Å²) in [5.74, 6) is 1.62. The van der Waals surface area contributed by atoms with Gasteiger partial charge in [-0.1, -0.05) is 20.3 Å². The molecule has 3 unspecified atom stereocenters. The minimum atomic E-state index is 0.585. The Balaban J connectivity index is 2.06. The second-order valence-electron chi connectivity index (χ2n) is 5.09. The molecule has 3 N–H and O–H groups in total. The van der Waals surface area contributed by atoms with E-state index in [1.54, 1.807) is 0 Å². The summed E-state index contributed by atoms with van der Waals surface area (Å²) in [4.78, 5) is 0. The number of rotatable bonds is 3. The van der Waals surface area contributed by atoms with Gasteiger partial charge in [0.1, 0.15) is 0 Å². The standard InChI is InChI=1S/C14H21IN2/c1-3-10-4-6-13(9(10)2)17-14-7-5-11(15)8-12(14)16/h5,7-10,13,17H,3-4,6,16H2,1-2H3. The summed E-state index contributed by atoms with van der Waals surface area (Å²) in [7, 11) is 0. The van der Waals surface area contributed by atoms with Gasteiger partial charge in [0.15, 0.2) is 0 Å². The lowest BCUT2D eigenvalue weighted by atomic mass is 9.93. The lowest BCUT2D eigenvalue weighted by Crippen LogP contribution is -2.25. The lowest BCUT2D eigenvalue weighted by Gasteiger charge is -2.22. The molecule has 0 spiro atoms. The summed E-state index contributed by atoms with van der Waals surface area (Å²) in [6, 6.07) is 6.82. The molecule has 3 atom stereocenters. The first-order valence-corrected chi connectivity index (χ1v) is 7.51. The summed E-state index contributed by atoms with van der Waals surface area (Å²) in [5.41, 5.74) is 8.01. The molecule has 1 aliphatic rings. The van der Waals surface area contributed by atoms with Crippen molar-refractivity contribution in [3.63, 3.8) is 0 Å². The summed E-state index contributed by atoms with van der Waals surface area (Å²) in [5, 5.41) is 3.62. The predicted molar refractivity (Wildman–Crippen MR) is 83.2 cm³/mol. The van der Waals surface area contributed by atoms with Gasteiger partial charge < -0.3 is 11.1 Å². The van der Waals surface area contributed by atoms with Crippen LogP contribution in [0.25, 0.3) is 0 Å². The first-order valence-electron chi connectivity index (χ1n) is 6.43. The second kappa shape index (κ2) is 5.46. The number of hydrogen-bond donors (Lipinski definition) is 2. The molecule has 0 amide bonds. The molecular weight excluding hydrogens is 323 g/mol. The Labute approximate surface area is 117 Å². The first-order chi connectivity index (χ1) is 8.11. The van der Waals surface area contributed by atoms with Crippen LogP contribution in [0, 0.1) is 15.4 Å². The van der Waals surface area contributed by atoms with Gasteiger partial charge in [0.25, 0.3) is 0 Å². The monoisotopic (exact) mass is 344 g/mol. The van der Waals surface area contributed by atoms with Gasteiger partial charge in [0.05, 0.1) is 11.4 Å². The highest BCUT2D eigenvalue weighted by Crippen LogP contribution is 2.36. The van der Waals surface area contributed by atoms with E-state index < -0.39 is 0 Å². The number of hydrogen-bond acceptors (Lipinski definition) is 2. The molecule has 0 radical (unpaired) electrons. The maximum atomic E-state index is 6.04. The van der Waals surface area contributed by atoms with Crippen molar-refractivity contribution in [2.75, 3.05) is 11.1 Å². The van der Waals surface area contributed by atoms with Gasteiger partial charge in [-0.2, -0.15) is 0 Å². The molecule has 0 heterocycles. The zero-order valence-corrected chi connectivity index (χ0v) is 12.7. The van der Waals surface area contributed by atoms with E-state index in [4.69, 9.17) is 5.73 Å². The van der Waals surface area contributed by atoms with Crippen molar-refractivity contribution in [1.82, 2.24) is 0 Å². The minimum absolute atomic E-state index is 0.585. The Bertz CT molecular complexity index is 392. The molecule has 17 heavy (non-hydrogen) atoms. The number of anilines is 2. The number of nitrogens with one attached hydrogen (secondary N) is 1. The fourth-order valence-corrected chi connectivity index (χ4v) is 3.41. The molecule has 0 aromatic heterocycles. The average molecular weight is 344 g/mol. The Morgan fingerprint density at radius 3 is 2.76 bits per heavy atom. The third kappa shape index (κ3) is 2.87. The summed E-state index contributed by atoms with van der Waals surface area (Å²) < 4.78 is 1.19. The Morgan fingerprint density at radius 2 is 2.18 bits per heavy atom. The Kier molecular flexibility index (Phi) is 4.17. The van der Waals surface area contributed by atoms with E-state index in [0.717, 1.165) is 23.2 Å². The van der Waals surface area contributed by atoms with Crippen molar-refractivity contribution in [1.29, 1.82) is 0 Å². The highest BCUT2D eigenvalue weighted by atomic mass is 127. The quantitative estimate of drug-likeness (QED) is 0.640. The van der Waals surface area contributed by atoms with E-state index >= 15 is 0 Å². The third-order valence-electron chi connectivity index (χ3n) is 4.11. The van der Waals surface area contributed by atoms with Crippen LogP contribution in [0.2, 0.25) is 0 Å². The molecule has 94 valence electrons. The highest BCUT2D eigenvalue weighted by Gasteiger charge is 2.31. The van der Waals surface area contributed by atoms with E-state index in [1.807, 2.05) is 6.07 Å². The van der Waals surface area contributed by atoms with Crippen LogP contribution in [0.15, 0.2) is 18.2 Å².